The van der Waals surface area contributed by atoms with Crippen molar-refractivity contribution in [2.45, 2.75) is 52.9 Å². The Kier molecular flexibility index (Phi) is 5.88. The fraction of sp³-hybridized carbons (Fsp3) is 0.941. The minimum absolute atomic E-state index is 0.249. The van der Waals surface area contributed by atoms with Gasteiger partial charge in [-0.05, 0) is 69.5 Å². The van der Waals surface area contributed by atoms with Crippen LogP contribution in [0.3, 0.4) is 0 Å². The average Bonchev–Trinajstić information content (AvgIpc) is 2.46. The van der Waals surface area contributed by atoms with Gasteiger partial charge in [-0.3, -0.25) is 4.79 Å². The first-order valence-electron chi connectivity index (χ1n) is 8.54. The predicted molar refractivity (Wildman–Crippen MR) is 83.6 cm³/mol. The Morgan fingerprint density at radius 2 is 1.65 bits per heavy atom. The molecule has 1 amide bonds. The molecule has 2 fully saturated rings. The number of piperidine rings is 2. The van der Waals surface area contributed by atoms with Crippen LogP contribution in [-0.4, -0.2) is 48.4 Å². The number of hydrogen-bond acceptors (Lipinski definition) is 2. The van der Waals surface area contributed by atoms with Crippen LogP contribution in [0, 0.1) is 17.8 Å². The molecule has 0 bridgehead atoms. The molecule has 2 heterocycles. The molecule has 0 aromatic heterocycles. The van der Waals surface area contributed by atoms with Gasteiger partial charge in [-0.25, -0.2) is 0 Å². The molecule has 3 heteroatoms. The maximum absolute atomic E-state index is 11.3. The molecule has 2 aliphatic heterocycles. The number of carbonyl (C=O) groups excluding carboxylic acids is 1. The molecule has 2 saturated heterocycles. The number of nitrogens with zero attached hydrogens (tertiary/aromatic N) is 2. The zero-order valence-corrected chi connectivity index (χ0v) is 13.6. The number of amides is 1. The Balaban J connectivity index is 1.61. The quantitative estimate of drug-likeness (QED) is 0.790. The summed E-state index contributed by atoms with van der Waals surface area (Å²) in [5.74, 6) is 2.89. The highest BCUT2D eigenvalue weighted by Crippen LogP contribution is 2.26. The van der Waals surface area contributed by atoms with Crippen molar-refractivity contribution in [1.29, 1.82) is 0 Å². The third kappa shape index (κ3) is 4.47. The second kappa shape index (κ2) is 7.44. The summed E-state index contributed by atoms with van der Waals surface area (Å²) in [5.41, 5.74) is 0. The van der Waals surface area contributed by atoms with E-state index in [1.54, 1.807) is 6.92 Å². The van der Waals surface area contributed by atoms with E-state index < -0.39 is 0 Å². The van der Waals surface area contributed by atoms with Gasteiger partial charge in [-0.1, -0.05) is 13.8 Å². The van der Waals surface area contributed by atoms with Crippen molar-refractivity contribution >= 4 is 5.91 Å². The SMILES string of the molecule is CC(=O)N1CCC(CCN2CCC(C(C)C)CC2)CC1. The lowest BCUT2D eigenvalue weighted by atomic mass is 9.86. The van der Waals surface area contributed by atoms with Crippen molar-refractivity contribution < 1.29 is 4.79 Å². The molecule has 0 atom stereocenters. The second-order valence-electron chi connectivity index (χ2n) is 7.16. The highest BCUT2D eigenvalue weighted by Gasteiger charge is 2.24. The van der Waals surface area contributed by atoms with Gasteiger partial charge in [0.05, 0.1) is 0 Å². The number of rotatable bonds is 4. The zero-order valence-electron chi connectivity index (χ0n) is 13.6. The highest BCUT2D eigenvalue weighted by atomic mass is 16.2. The van der Waals surface area contributed by atoms with Gasteiger partial charge in [0.25, 0.3) is 0 Å². The monoisotopic (exact) mass is 280 g/mol. The van der Waals surface area contributed by atoms with Crippen molar-refractivity contribution in [3.05, 3.63) is 0 Å². The molecule has 0 saturated carbocycles. The van der Waals surface area contributed by atoms with Crippen LogP contribution in [0.1, 0.15) is 52.9 Å². The molecule has 0 unspecified atom stereocenters. The van der Waals surface area contributed by atoms with E-state index in [-0.39, 0.29) is 5.91 Å². The van der Waals surface area contributed by atoms with Gasteiger partial charge in [-0.15, -0.1) is 0 Å². The number of hydrogen-bond donors (Lipinski definition) is 0. The van der Waals surface area contributed by atoms with Crippen LogP contribution in [0.5, 0.6) is 0 Å². The molecule has 0 aliphatic carbocycles. The third-order valence-electron chi connectivity index (χ3n) is 5.49. The van der Waals surface area contributed by atoms with Crippen molar-refractivity contribution in [3.8, 4) is 0 Å². The molecule has 0 aromatic rings. The normalized spacial score (nSPS) is 23.5. The van der Waals surface area contributed by atoms with Gasteiger partial charge in [-0.2, -0.15) is 0 Å². The van der Waals surface area contributed by atoms with E-state index in [1.807, 2.05) is 4.90 Å². The molecule has 2 aliphatic rings. The molecular formula is C17H32N2O. The largest absolute Gasteiger partial charge is 0.343 e. The molecule has 2 rings (SSSR count). The van der Waals surface area contributed by atoms with Crippen LogP contribution in [0.15, 0.2) is 0 Å². The van der Waals surface area contributed by atoms with Gasteiger partial charge >= 0.3 is 0 Å². The lowest BCUT2D eigenvalue weighted by Crippen LogP contribution is -2.39. The van der Waals surface area contributed by atoms with Crippen molar-refractivity contribution in [2.24, 2.45) is 17.8 Å². The van der Waals surface area contributed by atoms with Crippen LogP contribution in [0.25, 0.3) is 0 Å². The smallest absolute Gasteiger partial charge is 0.219 e. The number of likely N-dealkylation sites (tertiary alicyclic amines) is 2. The van der Waals surface area contributed by atoms with E-state index in [2.05, 4.69) is 18.7 Å². The Labute approximate surface area is 124 Å². The first-order chi connectivity index (χ1) is 9.56. The summed E-state index contributed by atoms with van der Waals surface area (Å²) in [6.45, 7) is 12.3. The molecule has 0 radical (unpaired) electrons. The Hall–Kier alpha value is -0.570. The van der Waals surface area contributed by atoms with Gasteiger partial charge in [0.15, 0.2) is 0 Å². The molecule has 3 nitrogen and oxygen atoms in total. The Morgan fingerprint density at radius 3 is 2.15 bits per heavy atom. The molecule has 0 spiro atoms. The average molecular weight is 280 g/mol. The van der Waals surface area contributed by atoms with Gasteiger partial charge in [0.2, 0.25) is 5.91 Å². The molecule has 116 valence electrons. The summed E-state index contributed by atoms with van der Waals surface area (Å²) in [6.07, 6.45) is 6.53. The first-order valence-corrected chi connectivity index (χ1v) is 8.54. The fourth-order valence-corrected chi connectivity index (χ4v) is 3.74. The van der Waals surface area contributed by atoms with Crippen LogP contribution < -0.4 is 0 Å². The van der Waals surface area contributed by atoms with Gasteiger partial charge < -0.3 is 9.80 Å². The lowest BCUT2D eigenvalue weighted by molar-refractivity contribution is -0.130. The van der Waals surface area contributed by atoms with E-state index in [1.165, 1.54) is 51.7 Å². The lowest BCUT2D eigenvalue weighted by Gasteiger charge is -2.36. The summed E-state index contributed by atoms with van der Waals surface area (Å²) >= 11 is 0. The first kappa shape index (κ1) is 15.8. The summed E-state index contributed by atoms with van der Waals surface area (Å²) in [6, 6.07) is 0. The summed E-state index contributed by atoms with van der Waals surface area (Å²) in [4.78, 5) is 16.0. The minimum Gasteiger partial charge on any atom is -0.343 e. The summed E-state index contributed by atoms with van der Waals surface area (Å²) in [7, 11) is 0. The predicted octanol–water partition coefficient (Wildman–Crippen LogP) is 3.00. The summed E-state index contributed by atoms with van der Waals surface area (Å²) in [5, 5.41) is 0. The highest BCUT2D eigenvalue weighted by molar-refractivity contribution is 5.73. The van der Waals surface area contributed by atoms with Crippen molar-refractivity contribution in [1.82, 2.24) is 9.80 Å². The van der Waals surface area contributed by atoms with E-state index in [9.17, 15) is 4.79 Å². The van der Waals surface area contributed by atoms with E-state index in [0.717, 1.165) is 30.8 Å². The minimum atomic E-state index is 0.249. The third-order valence-corrected chi connectivity index (χ3v) is 5.49. The standard InChI is InChI=1S/C17H32N2O/c1-14(2)17-7-10-18(11-8-17)9-4-16-5-12-19(13-6-16)15(3)20/h14,16-17H,4-13H2,1-3H3. The zero-order chi connectivity index (χ0) is 14.5. The maximum Gasteiger partial charge on any atom is 0.219 e. The van der Waals surface area contributed by atoms with Crippen molar-refractivity contribution in [3.63, 3.8) is 0 Å². The van der Waals surface area contributed by atoms with Gasteiger partial charge in [0, 0.05) is 20.0 Å². The Bertz CT molecular complexity index is 300. The fourth-order valence-electron chi connectivity index (χ4n) is 3.74. The molecular weight excluding hydrogens is 248 g/mol. The number of carbonyl (C=O) groups is 1. The van der Waals surface area contributed by atoms with E-state index in [0.29, 0.717) is 0 Å². The van der Waals surface area contributed by atoms with Crippen LogP contribution in [-0.2, 0) is 4.79 Å². The van der Waals surface area contributed by atoms with E-state index in [4.69, 9.17) is 0 Å². The van der Waals surface area contributed by atoms with Gasteiger partial charge in [0.1, 0.15) is 0 Å². The van der Waals surface area contributed by atoms with E-state index >= 15 is 0 Å². The van der Waals surface area contributed by atoms with Crippen LogP contribution >= 0.6 is 0 Å². The van der Waals surface area contributed by atoms with Crippen LogP contribution in [0.4, 0.5) is 0 Å². The Morgan fingerprint density at radius 1 is 1.05 bits per heavy atom. The van der Waals surface area contributed by atoms with Crippen LogP contribution in [0.2, 0.25) is 0 Å². The molecule has 0 N–H and O–H groups in total. The topological polar surface area (TPSA) is 23.6 Å². The molecule has 20 heavy (non-hydrogen) atoms. The van der Waals surface area contributed by atoms with Crippen molar-refractivity contribution in [2.75, 3.05) is 32.7 Å². The molecule has 0 aromatic carbocycles. The second-order valence-corrected chi connectivity index (χ2v) is 7.16. The summed E-state index contributed by atoms with van der Waals surface area (Å²) < 4.78 is 0. The maximum atomic E-state index is 11.3.